The van der Waals surface area contributed by atoms with E-state index in [1.807, 2.05) is 11.0 Å². The second-order valence-electron chi connectivity index (χ2n) is 10.4. The zero-order valence-corrected chi connectivity index (χ0v) is 25.5. The summed E-state index contributed by atoms with van der Waals surface area (Å²) in [5.41, 5.74) is 1.05. The Balaban J connectivity index is 1.98. The molecule has 40 heavy (non-hydrogen) atoms. The standard InChI is InChI=1S/C30H43IN2O7/c1-3-4-5-9-12-27(36)33(22-10-7-6-8-11-22)24-17-21(30(38)32-13-14-34)18-25(28(24)37)40-29-23(31)15-20(19-35)16-26(29)39-2/h3,15-16,18,22,24-25,28,34-35,37H,1,4-14,17,19H2,2H3,(H,32,38)/t24-,25+,28+/m1/s1. The Morgan fingerprint density at radius 2 is 1.95 bits per heavy atom. The molecule has 0 bridgehead atoms. The molecule has 9 nitrogen and oxygen atoms in total. The lowest BCUT2D eigenvalue weighted by Crippen LogP contribution is -2.58. The molecule has 0 saturated heterocycles. The first-order chi connectivity index (χ1) is 19.3. The fraction of sp³-hybridized carbons (Fsp3) is 0.600. The van der Waals surface area contributed by atoms with Gasteiger partial charge in [0, 0.05) is 31.0 Å². The predicted molar refractivity (Wildman–Crippen MR) is 161 cm³/mol. The number of nitrogens with one attached hydrogen (secondary N) is 1. The van der Waals surface area contributed by atoms with Gasteiger partial charge in [0.25, 0.3) is 0 Å². The van der Waals surface area contributed by atoms with Crippen molar-refractivity contribution in [1.82, 2.24) is 10.2 Å². The van der Waals surface area contributed by atoms with E-state index in [0.717, 1.165) is 51.4 Å². The third kappa shape index (κ3) is 8.43. The number of ether oxygens (including phenoxy) is 2. The summed E-state index contributed by atoms with van der Waals surface area (Å²) in [4.78, 5) is 28.7. The molecule has 1 aromatic carbocycles. The molecule has 3 atom stereocenters. The highest BCUT2D eigenvalue weighted by Gasteiger charge is 2.43. The van der Waals surface area contributed by atoms with Gasteiger partial charge in [0.05, 0.1) is 29.9 Å². The molecule has 0 spiro atoms. The number of rotatable bonds is 14. The molecule has 0 radical (unpaired) electrons. The van der Waals surface area contributed by atoms with Crippen LogP contribution < -0.4 is 14.8 Å². The summed E-state index contributed by atoms with van der Waals surface area (Å²) in [5, 5.41) is 33.3. The second-order valence-corrected chi connectivity index (χ2v) is 11.6. The van der Waals surface area contributed by atoms with Crippen molar-refractivity contribution < 1.29 is 34.4 Å². The van der Waals surface area contributed by atoms with Gasteiger partial charge in [-0.05, 0) is 78.5 Å². The van der Waals surface area contributed by atoms with E-state index in [1.54, 1.807) is 18.2 Å². The summed E-state index contributed by atoms with van der Waals surface area (Å²) in [6, 6.07) is 2.77. The van der Waals surface area contributed by atoms with Gasteiger partial charge in [-0.3, -0.25) is 9.59 Å². The second kappa shape index (κ2) is 16.3. The summed E-state index contributed by atoms with van der Waals surface area (Å²) in [6.45, 7) is 3.49. The maximum Gasteiger partial charge on any atom is 0.247 e. The molecule has 2 aliphatic carbocycles. The Kier molecular flexibility index (Phi) is 13.2. The van der Waals surface area contributed by atoms with Crippen LogP contribution in [0.25, 0.3) is 0 Å². The van der Waals surface area contributed by atoms with Crippen molar-refractivity contribution in [2.24, 2.45) is 0 Å². The van der Waals surface area contributed by atoms with E-state index in [-0.39, 0.29) is 44.0 Å². The van der Waals surface area contributed by atoms with Gasteiger partial charge in [-0.2, -0.15) is 0 Å². The highest BCUT2D eigenvalue weighted by atomic mass is 127. The minimum atomic E-state index is -1.09. The van der Waals surface area contributed by atoms with E-state index in [0.29, 0.717) is 32.6 Å². The zero-order chi connectivity index (χ0) is 29.1. The molecule has 2 aliphatic rings. The number of aliphatic hydroxyl groups is 3. The van der Waals surface area contributed by atoms with Crippen LogP contribution in [0.4, 0.5) is 0 Å². The number of carbonyl (C=O) groups is 2. The van der Waals surface area contributed by atoms with Gasteiger partial charge >= 0.3 is 0 Å². The molecule has 0 unspecified atom stereocenters. The fourth-order valence-corrected chi connectivity index (χ4v) is 6.37. The summed E-state index contributed by atoms with van der Waals surface area (Å²) in [5.74, 6) is 0.401. The molecule has 222 valence electrons. The quantitative estimate of drug-likeness (QED) is 0.135. The highest BCUT2D eigenvalue weighted by molar-refractivity contribution is 14.1. The van der Waals surface area contributed by atoms with E-state index in [4.69, 9.17) is 9.47 Å². The molecule has 1 aromatic rings. The average Bonchev–Trinajstić information content (AvgIpc) is 2.97. The number of amides is 2. The number of nitrogens with zero attached hydrogens (tertiary/aromatic N) is 1. The summed E-state index contributed by atoms with van der Waals surface area (Å²) >= 11 is 2.09. The molecule has 4 N–H and O–H groups in total. The molecule has 2 amide bonds. The van der Waals surface area contributed by atoms with Gasteiger partial charge < -0.3 is 35.0 Å². The first-order valence-electron chi connectivity index (χ1n) is 14.2. The smallest absolute Gasteiger partial charge is 0.247 e. The topological polar surface area (TPSA) is 129 Å². The van der Waals surface area contributed by atoms with Crippen LogP contribution in [0.15, 0.2) is 36.4 Å². The molecule has 1 fully saturated rings. The highest BCUT2D eigenvalue weighted by Crippen LogP contribution is 2.38. The number of allylic oxidation sites excluding steroid dienone is 1. The largest absolute Gasteiger partial charge is 0.493 e. The predicted octanol–water partition coefficient (Wildman–Crippen LogP) is 3.62. The van der Waals surface area contributed by atoms with E-state index < -0.39 is 18.2 Å². The Labute approximate surface area is 250 Å². The van der Waals surface area contributed by atoms with Crippen LogP contribution in [-0.2, 0) is 16.2 Å². The van der Waals surface area contributed by atoms with Gasteiger partial charge in [-0.25, -0.2) is 0 Å². The lowest BCUT2D eigenvalue weighted by atomic mass is 9.85. The number of halogens is 1. The van der Waals surface area contributed by atoms with Crippen LogP contribution in [0.5, 0.6) is 11.5 Å². The minimum Gasteiger partial charge on any atom is -0.493 e. The normalized spacial score (nSPS) is 21.3. The zero-order valence-electron chi connectivity index (χ0n) is 23.3. The Bertz CT molecular complexity index is 1040. The number of carbonyl (C=O) groups excluding carboxylic acids is 2. The molecule has 0 aliphatic heterocycles. The van der Waals surface area contributed by atoms with Crippen LogP contribution in [0.1, 0.15) is 69.8 Å². The van der Waals surface area contributed by atoms with Gasteiger partial charge in [0.15, 0.2) is 11.5 Å². The maximum atomic E-state index is 13.7. The lowest BCUT2D eigenvalue weighted by molar-refractivity contribution is -0.143. The Morgan fingerprint density at radius 3 is 2.60 bits per heavy atom. The third-order valence-corrected chi connectivity index (χ3v) is 8.40. The number of methoxy groups -OCH3 is 1. The number of unbranched alkanes of at least 4 members (excludes halogenated alkanes) is 2. The van der Waals surface area contributed by atoms with Crippen LogP contribution in [-0.4, -0.2) is 76.6 Å². The van der Waals surface area contributed by atoms with Crippen LogP contribution >= 0.6 is 22.6 Å². The molecular formula is C30H43IN2O7. The Hall–Kier alpha value is -2.15. The van der Waals surface area contributed by atoms with Crippen molar-refractivity contribution in [1.29, 1.82) is 0 Å². The van der Waals surface area contributed by atoms with Crippen molar-refractivity contribution in [3.63, 3.8) is 0 Å². The van der Waals surface area contributed by atoms with Crippen LogP contribution in [0.2, 0.25) is 0 Å². The van der Waals surface area contributed by atoms with Crippen molar-refractivity contribution in [2.75, 3.05) is 20.3 Å². The number of aliphatic hydroxyl groups excluding tert-OH is 3. The van der Waals surface area contributed by atoms with Crippen molar-refractivity contribution in [3.05, 3.63) is 45.6 Å². The molecular weight excluding hydrogens is 627 g/mol. The van der Waals surface area contributed by atoms with Crippen molar-refractivity contribution in [3.8, 4) is 11.5 Å². The number of benzene rings is 1. The van der Waals surface area contributed by atoms with E-state index in [2.05, 4.69) is 34.5 Å². The molecule has 10 heteroatoms. The summed E-state index contributed by atoms with van der Waals surface area (Å²) in [7, 11) is 1.50. The lowest BCUT2D eigenvalue weighted by Gasteiger charge is -2.45. The van der Waals surface area contributed by atoms with E-state index >= 15 is 0 Å². The maximum absolute atomic E-state index is 13.7. The van der Waals surface area contributed by atoms with Gasteiger partial charge in [0.2, 0.25) is 11.8 Å². The van der Waals surface area contributed by atoms with Crippen LogP contribution in [0.3, 0.4) is 0 Å². The summed E-state index contributed by atoms with van der Waals surface area (Å²) in [6.07, 6.45) is 9.27. The third-order valence-electron chi connectivity index (χ3n) is 7.60. The SMILES string of the molecule is C=CCCCCC(=O)N(C1CCCCC1)[C@@H]1CC(C(=O)NCCO)=C[C@H](Oc2c(I)cc(CO)cc2OC)[C@H]1O. The Morgan fingerprint density at radius 1 is 1.20 bits per heavy atom. The minimum absolute atomic E-state index is 0.0145. The fourth-order valence-electron chi connectivity index (χ4n) is 5.58. The average molecular weight is 671 g/mol. The first kappa shape index (κ1) is 32.4. The molecule has 0 aromatic heterocycles. The first-order valence-corrected chi connectivity index (χ1v) is 15.3. The van der Waals surface area contributed by atoms with E-state index in [9.17, 15) is 24.9 Å². The molecule has 1 saturated carbocycles. The van der Waals surface area contributed by atoms with Crippen molar-refractivity contribution in [2.45, 2.75) is 95.1 Å². The van der Waals surface area contributed by atoms with E-state index in [1.165, 1.54) is 7.11 Å². The number of hydrogen-bond acceptors (Lipinski definition) is 7. The van der Waals surface area contributed by atoms with Crippen LogP contribution in [0, 0.1) is 3.57 Å². The van der Waals surface area contributed by atoms with Gasteiger partial charge in [-0.15, -0.1) is 6.58 Å². The van der Waals surface area contributed by atoms with Gasteiger partial charge in [0.1, 0.15) is 12.2 Å². The monoisotopic (exact) mass is 670 g/mol. The summed E-state index contributed by atoms with van der Waals surface area (Å²) < 4.78 is 12.5. The van der Waals surface area contributed by atoms with Gasteiger partial charge in [-0.1, -0.05) is 25.3 Å². The number of hydrogen-bond donors (Lipinski definition) is 4. The molecule has 0 heterocycles. The van der Waals surface area contributed by atoms with Crippen molar-refractivity contribution >= 4 is 34.4 Å². The molecule has 3 rings (SSSR count).